The topological polar surface area (TPSA) is 86.7 Å². The first kappa shape index (κ1) is 21.8. The third kappa shape index (κ3) is 6.83. The first-order chi connectivity index (χ1) is 10.5. The molecule has 0 saturated heterocycles. The number of ether oxygens (including phenoxy) is 2. The molecule has 0 spiro atoms. The van der Waals surface area contributed by atoms with Crippen molar-refractivity contribution in [2.45, 2.75) is 52.4 Å². The molecule has 0 N–H and O–H groups in total. The van der Waals surface area contributed by atoms with Gasteiger partial charge in [0.1, 0.15) is 23.4 Å². The van der Waals surface area contributed by atoms with Crippen molar-refractivity contribution in [3.05, 3.63) is 0 Å². The van der Waals surface area contributed by atoms with Crippen LogP contribution in [0.5, 0.6) is 0 Å². The van der Waals surface area contributed by atoms with Gasteiger partial charge in [-0.1, -0.05) is 0 Å². The first-order valence-corrected chi connectivity index (χ1v) is 7.89. The van der Waals surface area contributed by atoms with Gasteiger partial charge in [0.15, 0.2) is 0 Å². The van der Waals surface area contributed by atoms with Crippen LogP contribution in [0, 0.1) is 11.8 Å². The van der Waals surface area contributed by atoms with Crippen LogP contribution in [0.1, 0.15) is 52.4 Å². The summed E-state index contributed by atoms with van der Waals surface area (Å²) in [5, 5.41) is 0. The Morgan fingerprint density at radius 2 is 1.22 bits per heavy atom. The zero-order valence-electron chi connectivity index (χ0n) is 13.6. The van der Waals surface area contributed by atoms with Crippen molar-refractivity contribution in [1.29, 1.82) is 0 Å². The zero-order valence-corrected chi connectivity index (χ0v) is 14.5. The Bertz CT molecular complexity index is 394. The van der Waals surface area contributed by atoms with Gasteiger partial charge in [-0.05, 0) is 39.5 Å². The van der Waals surface area contributed by atoms with Gasteiger partial charge in [-0.15, -0.1) is 0 Å². The third-order valence-electron chi connectivity index (χ3n) is 3.75. The summed E-state index contributed by atoms with van der Waals surface area (Å²) in [6.45, 7) is 4.22. The van der Waals surface area contributed by atoms with Gasteiger partial charge in [0.25, 0.3) is 0 Å². The SMILES string of the molecule is CCOC(=O)C1CCCC1=O.CCOC(=O)C1CCCC1=O.[Cu]. The maximum atomic E-state index is 11.0. The summed E-state index contributed by atoms with van der Waals surface area (Å²) in [5.41, 5.74) is 0. The Balaban J connectivity index is 0.000000403. The molecule has 0 aromatic carbocycles. The largest absolute Gasteiger partial charge is 0.465 e. The molecule has 2 saturated carbocycles. The van der Waals surface area contributed by atoms with Crippen LogP contribution >= 0.6 is 0 Å². The van der Waals surface area contributed by atoms with Gasteiger partial charge in [-0.25, -0.2) is 0 Å². The molecule has 0 amide bonds. The molecule has 135 valence electrons. The van der Waals surface area contributed by atoms with E-state index in [2.05, 4.69) is 0 Å². The molecule has 7 heteroatoms. The molecular weight excluding hydrogens is 352 g/mol. The van der Waals surface area contributed by atoms with Gasteiger partial charge in [0, 0.05) is 29.9 Å². The van der Waals surface area contributed by atoms with E-state index in [9.17, 15) is 19.2 Å². The number of hydrogen-bond acceptors (Lipinski definition) is 6. The minimum atomic E-state index is -0.449. The van der Waals surface area contributed by atoms with E-state index in [0.29, 0.717) is 38.9 Å². The number of carbonyl (C=O) groups excluding carboxylic acids is 4. The molecule has 0 aromatic rings. The second-order valence-electron chi connectivity index (χ2n) is 5.33. The van der Waals surface area contributed by atoms with E-state index in [-0.39, 0.29) is 40.6 Å². The monoisotopic (exact) mass is 375 g/mol. The van der Waals surface area contributed by atoms with Crippen LogP contribution in [0.15, 0.2) is 0 Å². The molecule has 2 aliphatic rings. The van der Waals surface area contributed by atoms with E-state index < -0.39 is 11.8 Å². The average Bonchev–Trinajstić information content (AvgIpc) is 3.08. The van der Waals surface area contributed by atoms with Crippen LogP contribution in [-0.4, -0.2) is 36.7 Å². The van der Waals surface area contributed by atoms with Crippen molar-refractivity contribution >= 4 is 23.5 Å². The van der Waals surface area contributed by atoms with E-state index in [1.165, 1.54) is 0 Å². The summed E-state index contributed by atoms with van der Waals surface area (Å²) in [6, 6.07) is 0. The van der Waals surface area contributed by atoms with Crippen LogP contribution in [0.4, 0.5) is 0 Å². The second kappa shape index (κ2) is 11.4. The summed E-state index contributed by atoms with van der Waals surface area (Å²) in [5.74, 6) is -1.48. The predicted molar refractivity (Wildman–Crippen MR) is 78.0 cm³/mol. The zero-order chi connectivity index (χ0) is 16.5. The molecule has 6 nitrogen and oxygen atoms in total. The molecular formula is C16H24CuO6. The Morgan fingerprint density at radius 3 is 1.43 bits per heavy atom. The van der Waals surface area contributed by atoms with Crippen LogP contribution in [0.25, 0.3) is 0 Å². The molecule has 23 heavy (non-hydrogen) atoms. The van der Waals surface area contributed by atoms with Crippen LogP contribution in [-0.2, 0) is 45.7 Å². The average molecular weight is 376 g/mol. The van der Waals surface area contributed by atoms with Crippen molar-refractivity contribution in [3.63, 3.8) is 0 Å². The van der Waals surface area contributed by atoms with Gasteiger partial charge >= 0.3 is 11.9 Å². The molecule has 2 aliphatic carbocycles. The minimum absolute atomic E-state index is 0. The first-order valence-electron chi connectivity index (χ1n) is 7.89. The quantitative estimate of drug-likeness (QED) is 0.423. The number of carbonyl (C=O) groups is 4. The van der Waals surface area contributed by atoms with E-state index in [4.69, 9.17) is 9.47 Å². The molecule has 0 aromatic heterocycles. The van der Waals surface area contributed by atoms with Gasteiger partial charge in [0.05, 0.1) is 13.2 Å². The van der Waals surface area contributed by atoms with E-state index in [1.807, 2.05) is 0 Å². The van der Waals surface area contributed by atoms with Crippen molar-refractivity contribution in [2.75, 3.05) is 13.2 Å². The molecule has 0 aliphatic heterocycles. The fourth-order valence-electron chi connectivity index (χ4n) is 2.62. The molecule has 2 fully saturated rings. The predicted octanol–water partition coefficient (Wildman–Crippen LogP) is 1.83. The van der Waals surface area contributed by atoms with Gasteiger partial charge in [-0.3, -0.25) is 19.2 Å². The summed E-state index contributed by atoms with van der Waals surface area (Å²) >= 11 is 0. The van der Waals surface area contributed by atoms with E-state index in [0.717, 1.165) is 12.8 Å². The van der Waals surface area contributed by atoms with Gasteiger partial charge in [-0.2, -0.15) is 0 Å². The Morgan fingerprint density at radius 1 is 0.870 bits per heavy atom. The van der Waals surface area contributed by atoms with Crippen LogP contribution in [0.2, 0.25) is 0 Å². The summed E-state index contributed by atoms with van der Waals surface area (Å²) in [4.78, 5) is 44.0. The molecule has 0 bridgehead atoms. The molecule has 0 heterocycles. The van der Waals surface area contributed by atoms with Gasteiger partial charge < -0.3 is 9.47 Å². The fraction of sp³-hybridized carbons (Fsp3) is 0.750. The normalized spacial score (nSPS) is 22.7. The van der Waals surface area contributed by atoms with Crippen LogP contribution in [0.3, 0.4) is 0 Å². The van der Waals surface area contributed by atoms with Crippen LogP contribution < -0.4 is 0 Å². The third-order valence-corrected chi connectivity index (χ3v) is 3.75. The molecule has 2 atom stereocenters. The van der Waals surface area contributed by atoms with E-state index in [1.54, 1.807) is 13.8 Å². The fourth-order valence-corrected chi connectivity index (χ4v) is 2.62. The number of hydrogen-bond donors (Lipinski definition) is 0. The Hall–Kier alpha value is -1.20. The number of esters is 2. The Labute approximate surface area is 147 Å². The number of Topliss-reactive ketones (excluding diaryl/α,β-unsaturated/α-hetero) is 2. The smallest absolute Gasteiger partial charge is 0.316 e. The van der Waals surface area contributed by atoms with Gasteiger partial charge in [0.2, 0.25) is 0 Å². The maximum Gasteiger partial charge on any atom is 0.316 e. The maximum absolute atomic E-state index is 11.0. The molecule has 2 unspecified atom stereocenters. The summed E-state index contributed by atoms with van der Waals surface area (Å²) in [7, 11) is 0. The van der Waals surface area contributed by atoms with Crippen molar-refractivity contribution in [2.24, 2.45) is 11.8 Å². The van der Waals surface area contributed by atoms with E-state index >= 15 is 0 Å². The second-order valence-corrected chi connectivity index (χ2v) is 5.33. The standard InChI is InChI=1S/2C8H12O3.Cu/c2*1-2-11-8(10)6-4-3-5-7(6)9;/h2*6H,2-5H2,1H3;. The molecule has 1 radical (unpaired) electrons. The number of rotatable bonds is 4. The van der Waals surface area contributed by atoms with Crippen molar-refractivity contribution < 1.29 is 45.7 Å². The molecule has 2 rings (SSSR count). The van der Waals surface area contributed by atoms with Crippen molar-refractivity contribution in [1.82, 2.24) is 0 Å². The summed E-state index contributed by atoms with van der Waals surface area (Å²) in [6.07, 6.45) is 4.12. The van der Waals surface area contributed by atoms with Crippen molar-refractivity contribution in [3.8, 4) is 0 Å². The summed E-state index contributed by atoms with van der Waals surface area (Å²) < 4.78 is 9.47. The minimum Gasteiger partial charge on any atom is -0.465 e. The Kier molecular flexibility index (Phi) is 10.8. The number of ketones is 2.